The summed E-state index contributed by atoms with van der Waals surface area (Å²) in [6, 6.07) is -3.06. The molecule has 0 unspecified atom stereocenters. The smallest absolute Gasteiger partial charge is 0.326 e. The number of carboxylic acids is 4. The number of amides is 5. The van der Waals surface area contributed by atoms with Crippen LogP contribution in [0.1, 0.15) is 67.9 Å². The molecule has 0 saturated heterocycles. The second-order valence-corrected chi connectivity index (χ2v) is 14.5. The van der Waals surface area contributed by atoms with Crippen molar-refractivity contribution in [1.29, 1.82) is 5.41 Å². The minimum atomic E-state index is -1.93. The topological polar surface area (TPSA) is 483 Å². The lowest BCUT2D eigenvalue weighted by Gasteiger charge is -2.25. The molecule has 0 aliphatic heterocycles. The molecular formula is C38H48N14O15. The van der Waals surface area contributed by atoms with Crippen LogP contribution in [0.5, 0.6) is 0 Å². The van der Waals surface area contributed by atoms with Crippen LogP contribution < -0.4 is 54.2 Å². The van der Waals surface area contributed by atoms with Crippen LogP contribution in [0, 0.1) is 5.41 Å². The number of hydrogen-bond donors (Lipinski definition) is 15. The van der Waals surface area contributed by atoms with Gasteiger partial charge in [0.15, 0.2) is 22.9 Å². The van der Waals surface area contributed by atoms with E-state index in [0.717, 1.165) is 6.92 Å². The van der Waals surface area contributed by atoms with Gasteiger partial charge in [-0.25, -0.2) is 14.8 Å². The lowest BCUT2D eigenvalue weighted by molar-refractivity contribution is -0.143. The number of H-pyrrole nitrogens is 1. The first kappa shape index (κ1) is 52.6. The van der Waals surface area contributed by atoms with Crippen molar-refractivity contribution in [2.24, 2.45) is 5.73 Å². The number of aliphatic carboxylic acids is 4. The number of hydrogen-bond acceptors (Lipinski definition) is 17. The van der Waals surface area contributed by atoms with Crippen LogP contribution in [0.25, 0.3) is 11.2 Å². The zero-order valence-corrected chi connectivity index (χ0v) is 35.4. The molecule has 0 saturated carbocycles. The van der Waals surface area contributed by atoms with Crippen LogP contribution in [-0.4, -0.2) is 142 Å². The average Bonchev–Trinajstić information content (AvgIpc) is 3.23. The van der Waals surface area contributed by atoms with Gasteiger partial charge in [0.1, 0.15) is 24.2 Å². The van der Waals surface area contributed by atoms with Gasteiger partial charge in [0, 0.05) is 24.2 Å². The number of aromatic amines is 1. The van der Waals surface area contributed by atoms with E-state index >= 15 is 0 Å². The molecule has 3 rings (SSSR count). The van der Waals surface area contributed by atoms with Crippen molar-refractivity contribution < 1.29 is 68.4 Å². The SMILES string of the molecule is CC(=O)[C@H](CC(=O)O)NC(=O)[C@H](CC(=O)O)NC(=O)[C@H](CCCNC(=N)N)NC(=O)[C@H](CC(=O)O)NC(=O)CC[C@H](NC(=O)c1ccc(NCc2cnc3nc(N)[nH]c(=O)c3n2)cc1)C(=O)O. The molecule has 5 atom stereocenters. The van der Waals surface area contributed by atoms with Gasteiger partial charge in [0.25, 0.3) is 11.5 Å². The standard InChI is InChI=1S/C38H48N14O15/c1-16(53)22(11-26(55)56)49-34(64)24(13-28(59)60)50-32(62)20(3-2-10-42-37(39)40)47-33(63)23(12-27(57)58)46-25(54)9-8-21(36(66)67)48-31(61)17-4-6-18(7-5-17)43-14-19-15-44-30-29(45-19)35(65)52-38(41)51-30/h4-7,15,20-24,43H,2-3,8-14H2,1H3,(H,46,54)(H,47,63)(H,48,61)(H,49,64)(H,50,62)(H,55,56)(H,57,58)(H,59,60)(H,66,67)(H4,39,40,42)(H3,41,44,51,52,65)/t20-,21-,22-,23-,24-/m0/s1. The summed E-state index contributed by atoms with van der Waals surface area (Å²) in [4.78, 5) is 151. The zero-order chi connectivity index (χ0) is 50.0. The predicted molar refractivity (Wildman–Crippen MR) is 229 cm³/mol. The van der Waals surface area contributed by atoms with E-state index < -0.39 is 133 Å². The maximum Gasteiger partial charge on any atom is 0.326 e. The van der Waals surface area contributed by atoms with E-state index in [2.05, 4.69) is 57.2 Å². The number of carboxylic acid groups (broad SMARTS) is 4. The van der Waals surface area contributed by atoms with Gasteiger partial charge in [-0.3, -0.25) is 58.3 Å². The number of ketones is 1. The van der Waals surface area contributed by atoms with Crippen molar-refractivity contribution in [3.05, 3.63) is 52.1 Å². The van der Waals surface area contributed by atoms with Crippen LogP contribution in [0.3, 0.4) is 0 Å². The van der Waals surface area contributed by atoms with Gasteiger partial charge in [-0.2, -0.15) is 4.98 Å². The van der Waals surface area contributed by atoms with E-state index in [1.807, 2.05) is 0 Å². The number of fused-ring (bicyclic) bond motifs is 1. The van der Waals surface area contributed by atoms with Crippen molar-refractivity contribution in [1.82, 2.24) is 51.8 Å². The van der Waals surface area contributed by atoms with Crippen LogP contribution in [0.15, 0.2) is 35.3 Å². The number of nitrogens with zero attached hydrogens (tertiary/aromatic N) is 3. The molecule has 0 aliphatic carbocycles. The van der Waals surface area contributed by atoms with Gasteiger partial charge in [-0.05, 0) is 50.5 Å². The van der Waals surface area contributed by atoms with Gasteiger partial charge in [-0.1, -0.05) is 0 Å². The van der Waals surface area contributed by atoms with E-state index in [-0.39, 0.29) is 48.6 Å². The number of nitrogens with two attached hydrogens (primary N) is 2. The fraction of sp³-hybridized carbons (Fsp3) is 0.395. The summed E-state index contributed by atoms with van der Waals surface area (Å²) in [6.07, 6.45) is -3.21. The summed E-state index contributed by atoms with van der Waals surface area (Å²) in [6.45, 7) is 1.01. The van der Waals surface area contributed by atoms with Gasteiger partial charge < -0.3 is 69.1 Å². The fourth-order valence-electron chi connectivity index (χ4n) is 5.88. The maximum atomic E-state index is 13.5. The Hall–Kier alpha value is -8.79. The zero-order valence-electron chi connectivity index (χ0n) is 35.4. The molecule has 360 valence electrons. The highest BCUT2D eigenvalue weighted by molar-refractivity contribution is 5.99. The number of nitrogen functional groups attached to an aromatic ring is 1. The molecule has 2 heterocycles. The Kier molecular flexibility index (Phi) is 19.5. The van der Waals surface area contributed by atoms with Crippen molar-refractivity contribution in [3.8, 4) is 0 Å². The van der Waals surface area contributed by atoms with Gasteiger partial charge in [0.05, 0.1) is 43.7 Å². The Balaban J connectivity index is 1.67. The molecule has 3 aromatic rings. The van der Waals surface area contributed by atoms with Crippen LogP contribution in [-0.2, 0) is 49.7 Å². The summed E-state index contributed by atoms with van der Waals surface area (Å²) in [5.74, 6) is -13.3. The van der Waals surface area contributed by atoms with E-state index in [9.17, 15) is 68.1 Å². The number of rotatable bonds is 27. The number of aromatic nitrogens is 4. The van der Waals surface area contributed by atoms with Crippen LogP contribution in [0.2, 0.25) is 0 Å². The summed E-state index contributed by atoms with van der Waals surface area (Å²) in [5.41, 5.74) is 11.1. The fourth-order valence-corrected chi connectivity index (χ4v) is 5.88. The Morgan fingerprint density at radius 2 is 1.28 bits per heavy atom. The molecule has 17 N–H and O–H groups in total. The summed E-state index contributed by atoms with van der Waals surface area (Å²) in [7, 11) is 0. The quantitative estimate of drug-likeness (QED) is 0.0197. The van der Waals surface area contributed by atoms with E-state index in [0.29, 0.717) is 11.4 Å². The van der Waals surface area contributed by atoms with Crippen molar-refractivity contribution in [2.75, 3.05) is 17.6 Å². The van der Waals surface area contributed by atoms with Gasteiger partial charge in [0.2, 0.25) is 29.6 Å². The summed E-state index contributed by atoms with van der Waals surface area (Å²) < 4.78 is 0. The van der Waals surface area contributed by atoms with Crippen molar-refractivity contribution in [3.63, 3.8) is 0 Å². The normalized spacial score (nSPS) is 13.0. The third-order valence-electron chi connectivity index (χ3n) is 9.22. The molecule has 0 bridgehead atoms. The molecule has 0 radical (unpaired) electrons. The molecule has 2 aromatic heterocycles. The van der Waals surface area contributed by atoms with Crippen molar-refractivity contribution in [2.45, 2.75) is 88.6 Å². The van der Waals surface area contributed by atoms with Crippen molar-refractivity contribution >= 4 is 88.0 Å². The maximum absolute atomic E-state index is 13.5. The highest BCUT2D eigenvalue weighted by Crippen LogP contribution is 2.13. The largest absolute Gasteiger partial charge is 0.481 e. The number of nitrogens with one attached hydrogen (secondary N) is 9. The molecule has 0 spiro atoms. The van der Waals surface area contributed by atoms with Gasteiger partial charge >= 0.3 is 23.9 Å². The number of carbonyl (C=O) groups is 10. The first-order valence-electron chi connectivity index (χ1n) is 19.9. The second kappa shape index (κ2) is 24.9. The monoisotopic (exact) mass is 940 g/mol. The first-order valence-corrected chi connectivity index (χ1v) is 19.9. The lowest BCUT2D eigenvalue weighted by Crippen LogP contribution is -2.58. The Morgan fingerprint density at radius 3 is 1.85 bits per heavy atom. The van der Waals surface area contributed by atoms with Gasteiger partial charge in [-0.15, -0.1) is 0 Å². The second-order valence-electron chi connectivity index (χ2n) is 14.5. The summed E-state index contributed by atoms with van der Waals surface area (Å²) >= 11 is 0. The Bertz CT molecular complexity index is 2450. The Labute approximate surface area is 377 Å². The third kappa shape index (κ3) is 17.7. The highest BCUT2D eigenvalue weighted by atomic mass is 16.4. The summed E-state index contributed by atoms with van der Waals surface area (Å²) in [5, 5.41) is 61.4. The van der Waals surface area contributed by atoms with Crippen LogP contribution >= 0.6 is 0 Å². The predicted octanol–water partition coefficient (Wildman–Crippen LogP) is -3.91. The number of anilines is 2. The lowest BCUT2D eigenvalue weighted by atomic mass is 10.1. The molecule has 67 heavy (non-hydrogen) atoms. The molecule has 29 heteroatoms. The van der Waals surface area contributed by atoms with Crippen LogP contribution in [0.4, 0.5) is 11.6 Å². The number of Topliss-reactive ketones (excluding diaryl/α,β-unsaturated/α-hetero) is 1. The first-order chi connectivity index (χ1) is 31.5. The van der Waals surface area contributed by atoms with E-state index in [1.165, 1.54) is 30.5 Å². The number of benzene rings is 1. The molecule has 0 aliphatic rings. The molecule has 1 aromatic carbocycles. The third-order valence-corrected chi connectivity index (χ3v) is 9.22. The van der Waals surface area contributed by atoms with E-state index in [4.69, 9.17) is 22.0 Å². The minimum Gasteiger partial charge on any atom is -0.481 e. The minimum absolute atomic E-state index is 0.0177. The molecule has 0 fully saturated rings. The van der Waals surface area contributed by atoms with E-state index in [1.54, 1.807) is 0 Å². The number of guanidine groups is 1. The molecular weight excluding hydrogens is 893 g/mol. The number of carbonyl (C=O) groups excluding carboxylic acids is 6. The molecule has 5 amide bonds. The Morgan fingerprint density at radius 1 is 0.731 bits per heavy atom. The average molecular weight is 941 g/mol. The molecule has 29 nitrogen and oxygen atoms in total. The highest BCUT2D eigenvalue weighted by Gasteiger charge is 2.33.